The number of benzene rings is 7. The lowest BCUT2D eigenvalue weighted by Crippen LogP contribution is -2.15. The van der Waals surface area contributed by atoms with Gasteiger partial charge in [-0.2, -0.15) is 0 Å². The number of fused-ring (bicyclic) bond motifs is 10. The van der Waals surface area contributed by atoms with E-state index >= 15 is 0 Å². The molecule has 4 nitrogen and oxygen atoms in total. The van der Waals surface area contributed by atoms with Gasteiger partial charge in [0, 0.05) is 44.4 Å². The van der Waals surface area contributed by atoms with Crippen LogP contribution in [0.4, 0.5) is 0 Å². The number of aromatic nitrogens is 4. The molecule has 0 aliphatic heterocycles. The first-order valence-electron chi connectivity index (χ1n) is 17.6. The van der Waals surface area contributed by atoms with Crippen LogP contribution in [-0.4, -0.2) is 19.1 Å². The van der Waals surface area contributed by atoms with Crippen LogP contribution < -0.4 is 0 Å². The van der Waals surface area contributed by atoms with Crippen LogP contribution in [0.25, 0.3) is 88.4 Å². The Hall–Kier alpha value is -6.52. The van der Waals surface area contributed by atoms with E-state index in [0.717, 1.165) is 38.9 Å². The molecule has 0 radical (unpaired) electrons. The highest BCUT2D eigenvalue weighted by molar-refractivity contribution is 6.23. The van der Waals surface area contributed by atoms with Crippen LogP contribution in [0.5, 0.6) is 0 Å². The second-order valence-electron chi connectivity index (χ2n) is 14.3. The fourth-order valence-electron chi connectivity index (χ4n) is 8.68. The number of para-hydroxylation sites is 2. The molecule has 10 aromatic rings. The van der Waals surface area contributed by atoms with E-state index in [1.807, 2.05) is 0 Å². The predicted molar refractivity (Wildman–Crippen MR) is 211 cm³/mol. The Morgan fingerprint density at radius 2 is 1.24 bits per heavy atom. The van der Waals surface area contributed by atoms with Gasteiger partial charge in [0.15, 0.2) is 0 Å². The summed E-state index contributed by atoms with van der Waals surface area (Å²) in [7, 11) is 0. The summed E-state index contributed by atoms with van der Waals surface area (Å²) in [5.74, 6) is 0.670. The highest BCUT2D eigenvalue weighted by atomic mass is 15.2. The van der Waals surface area contributed by atoms with Gasteiger partial charge in [0.1, 0.15) is 0 Å². The van der Waals surface area contributed by atoms with Crippen molar-refractivity contribution in [3.63, 3.8) is 0 Å². The Kier molecular flexibility index (Phi) is 5.70. The summed E-state index contributed by atoms with van der Waals surface area (Å²) in [6.45, 7) is 4.67. The average molecular weight is 653 g/mol. The quantitative estimate of drug-likeness (QED) is 0.190. The largest absolute Gasteiger partial charge is 0.317 e. The topological polar surface area (TPSA) is 35.6 Å². The van der Waals surface area contributed by atoms with Crippen molar-refractivity contribution in [2.45, 2.75) is 19.3 Å². The molecule has 3 aromatic heterocycles. The minimum atomic E-state index is -0.108. The average Bonchev–Trinajstić information content (AvgIpc) is 3.82. The Morgan fingerprint density at radius 3 is 2.12 bits per heavy atom. The summed E-state index contributed by atoms with van der Waals surface area (Å²) in [5.41, 5.74) is 12.7. The molecule has 0 N–H and O–H groups in total. The van der Waals surface area contributed by atoms with Crippen molar-refractivity contribution in [2.24, 2.45) is 0 Å². The van der Waals surface area contributed by atoms with E-state index in [1.54, 1.807) is 0 Å². The van der Waals surface area contributed by atoms with Gasteiger partial charge in [-0.15, -0.1) is 0 Å². The third-order valence-electron chi connectivity index (χ3n) is 11.1. The van der Waals surface area contributed by atoms with Crippen LogP contribution in [0.3, 0.4) is 0 Å². The first-order chi connectivity index (χ1) is 25.0. The standard InChI is InChI=1S/C47H32N4/c1-47(2)38-18-10-8-16-33(38)34-21-20-31(27-39(34)47)45-35-17-9-11-19-40(35)48-46(49-45)51-42-23-22-41-36(24-25-50(41)32-14-4-3-5-15-32)44(42)37-26-29-12-6-7-13-30(29)28-43(37)51/h3-28H,1-2H3. The van der Waals surface area contributed by atoms with Crippen LogP contribution in [0, 0.1) is 0 Å². The summed E-state index contributed by atoms with van der Waals surface area (Å²) in [6.07, 6.45) is 2.18. The molecule has 0 spiro atoms. The van der Waals surface area contributed by atoms with Crippen LogP contribution in [0.2, 0.25) is 0 Å². The van der Waals surface area contributed by atoms with Gasteiger partial charge in [-0.25, -0.2) is 9.97 Å². The lowest BCUT2D eigenvalue weighted by Gasteiger charge is -2.22. The number of nitrogens with zero attached hydrogens (tertiary/aromatic N) is 4. The van der Waals surface area contributed by atoms with E-state index in [-0.39, 0.29) is 5.41 Å². The van der Waals surface area contributed by atoms with Crippen LogP contribution in [-0.2, 0) is 5.41 Å². The normalized spacial score (nSPS) is 13.5. The molecule has 240 valence electrons. The number of rotatable bonds is 3. The maximum absolute atomic E-state index is 5.50. The molecule has 51 heavy (non-hydrogen) atoms. The van der Waals surface area contributed by atoms with Crippen molar-refractivity contribution >= 4 is 54.4 Å². The molecule has 11 rings (SSSR count). The fraction of sp³-hybridized carbons (Fsp3) is 0.0638. The summed E-state index contributed by atoms with van der Waals surface area (Å²) >= 11 is 0. The molecule has 3 heterocycles. The van der Waals surface area contributed by atoms with Gasteiger partial charge < -0.3 is 4.57 Å². The zero-order chi connectivity index (χ0) is 33.8. The highest BCUT2D eigenvalue weighted by Crippen LogP contribution is 2.50. The minimum Gasteiger partial charge on any atom is -0.317 e. The number of hydrogen-bond acceptors (Lipinski definition) is 2. The maximum Gasteiger partial charge on any atom is 0.235 e. The van der Waals surface area contributed by atoms with E-state index < -0.39 is 0 Å². The molecule has 1 aliphatic carbocycles. The van der Waals surface area contributed by atoms with E-state index in [1.165, 1.54) is 54.7 Å². The molecule has 0 amide bonds. The Labute approximate surface area is 294 Å². The zero-order valence-corrected chi connectivity index (χ0v) is 28.3. The second-order valence-corrected chi connectivity index (χ2v) is 14.3. The SMILES string of the molecule is CC1(C)c2ccccc2-c2ccc(-c3nc(-n4c5cc6ccccc6cc5c5c6ccn(-c7ccccc7)c6ccc54)nc4ccccc34)cc21. The van der Waals surface area contributed by atoms with Gasteiger partial charge in [0.25, 0.3) is 0 Å². The molecule has 0 saturated carbocycles. The van der Waals surface area contributed by atoms with Gasteiger partial charge in [0.05, 0.1) is 27.8 Å². The fourth-order valence-corrected chi connectivity index (χ4v) is 8.68. The van der Waals surface area contributed by atoms with Gasteiger partial charge >= 0.3 is 0 Å². The van der Waals surface area contributed by atoms with E-state index in [9.17, 15) is 0 Å². The molecule has 0 saturated heterocycles. The summed E-state index contributed by atoms with van der Waals surface area (Å²) in [5, 5.41) is 7.05. The van der Waals surface area contributed by atoms with E-state index in [0.29, 0.717) is 5.95 Å². The van der Waals surface area contributed by atoms with Gasteiger partial charge in [-0.05, 0) is 87.6 Å². The molecular weight excluding hydrogens is 621 g/mol. The monoisotopic (exact) mass is 652 g/mol. The first-order valence-corrected chi connectivity index (χ1v) is 17.6. The Morgan fingerprint density at radius 1 is 0.510 bits per heavy atom. The van der Waals surface area contributed by atoms with Gasteiger partial charge in [-0.1, -0.05) is 111 Å². The molecule has 0 unspecified atom stereocenters. The molecule has 4 heteroatoms. The van der Waals surface area contributed by atoms with E-state index in [2.05, 4.69) is 181 Å². The second kappa shape index (κ2) is 10.3. The predicted octanol–water partition coefficient (Wildman–Crippen LogP) is 11.8. The molecule has 0 bridgehead atoms. The third kappa shape index (κ3) is 3.96. The summed E-state index contributed by atoms with van der Waals surface area (Å²) < 4.78 is 4.55. The van der Waals surface area contributed by atoms with E-state index in [4.69, 9.17) is 9.97 Å². The Bertz CT molecular complexity index is 3050. The maximum atomic E-state index is 5.50. The molecule has 0 fully saturated rings. The summed E-state index contributed by atoms with van der Waals surface area (Å²) in [6, 6.07) is 54.7. The molecule has 7 aromatic carbocycles. The molecule has 0 atom stereocenters. The smallest absolute Gasteiger partial charge is 0.235 e. The van der Waals surface area contributed by atoms with Crippen molar-refractivity contribution in [2.75, 3.05) is 0 Å². The van der Waals surface area contributed by atoms with Crippen molar-refractivity contribution in [1.29, 1.82) is 0 Å². The first kappa shape index (κ1) is 28.3. The van der Waals surface area contributed by atoms with Crippen LogP contribution >= 0.6 is 0 Å². The van der Waals surface area contributed by atoms with Crippen LogP contribution in [0.15, 0.2) is 158 Å². The van der Waals surface area contributed by atoms with Gasteiger partial charge in [-0.3, -0.25) is 4.57 Å². The lowest BCUT2D eigenvalue weighted by atomic mass is 9.82. The highest BCUT2D eigenvalue weighted by Gasteiger charge is 2.35. The lowest BCUT2D eigenvalue weighted by molar-refractivity contribution is 0.660. The van der Waals surface area contributed by atoms with Crippen LogP contribution in [0.1, 0.15) is 25.0 Å². The van der Waals surface area contributed by atoms with Crippen molar-refractivity contribution < 1.29 is 0 Å². The van der Waals surface area contributed by atoms with Gasteiger partial charge in [0.2, 0.25) is 5.95 Å². The third-order valence-corrected chi connectivity index (χ3v) is 11.1. The van der Waals surface area contributed by atoms with Crippen molar-refractivity contribution in [3.8, 4) is 34.0 Å². The zero-order valence-electron chi connectivity index (χ0n) is 28.3. The summed E-state index contributed by atoms with van der Waals surface area (Å²) in [4.78, 5) is 10.8. The molecule has 1 aliphatic rings. The minimum absolute atomic E-state index is 0.108. The van der Waals surface area contributed by atoms with Crippen molar-refractivity contribution in [1.82, 2.24) is 19.1 Å². The molecular formula is C47H32N4. The van der Waals surface area contributed by atoms with Crippen molar-refractivity contribution in [3.05, 3.63) is 169 Å². The number of hydrogen-bond donors (Lipinski definition) is 0. The Balaban J connectivity index is 1.20.